The maximum absolute atomic E-state index is 12.3. The van der Waals surface area contributed by atoms with E-state index in [1.165, 1.54) is 4.31 Å². The summed E-state index contributed by atoms with van der Waals surface area (Å²) in [7, 11) is -0.132. The van der Waals surface area contributed by atoms with Gasteiger partial charge in [-0.15, -0.1) is 0 Å². The van der Waals surface area contributed by atoms with Crippen molar-refractivity contribution >= 4 is 15.7 Å². The molecule has 1 aromatic carbocycles. The third kappa shape index (κ3) is 5.93. The van der Waals surface area contributed by atoms with E-state index in [4.69, 9.17) is 4.74 Å². The first-order valence-electron chi connectivity index (χ1n) is 7.32. The minimum Gasteiger partial charge on any atom is -0.497 e. The quantitative estimate of drug-likeness (QED) is 0.673. The molecule has 0 unspecified atom stereocenters. The summed E-state index contributed by atoms with van der Waals surface area (Å²) in [6.45, 7) is 3.96. The highest BCUT2D eigenvalue weighted by molar-refractivity contribution is 7.92. The summed E-state index contributed by atoms with van der Waals surface area (Å²) in [6, 6.07) is 7.07. The second-order valence-electron chi connectivity index (χ2n) is 4.94. The number of ether oxygens (including phenoxy) is 1. The molecule has 0 fully saturated rings. The van der Waals surface area contributed by atoms with Gasteiger partial charge in [0.15, 0.2) is 0 Å². The molecule has 0 aliphatic carbocycles. The van der Waals surface area contributed by atoms with Crippen LogP contribution in [0.5, 0.6) is 5.75 Å². The first-order chi connectivity index (χ1) is 10.0. The highest BCUT2D eigenvalue weighted by Gasteiger charge is 2.18. The molecule has 0 atom stereocenters. The lowest BCUT2D eigenvalue weighted by molar-refractivity contribution is 0.415. The zero-order chi connectivity index (χ0) is 15.7. The molecule has 0 bridgehead atoms. The second kappa shape index (κ2) is 8.89. The Labute approximate surface area is 128 Å². The van der Waals surface area contributed by atoms with Crippen LogP contribution in [0.3, 0.4) is 0 Å². The number of rotatable bonds is 10. The van der Waals surface area contributed by atoms with Crippen LogP contribution in [0.15, 0.2) is 24.3 Å². The number of methoxy groups -OCH3 is 1. The van der Waals surface area contributed by atoms with Gasteiger partial charge in [-0.1, -0.05) is 13.0 Å². The number of hydrogen-bond donors (Lipinski definition) is 1. The molecule has 0 aliphatic rings. The van der Waals surface area contributed by atoms with Gasteiger partial charge in [-0.3, -0.25) is 4.31 Å². The van der Waals surface area contributed by atoms with Crippen LogP contribution < -0.4 is 14.4 Å². The molecule has 5 nitrogen and oxygen atoms in total. The maximum atomic E-state index is 12.3. The van der Waals surface area contributed by atoms with Crippen LogP contribution in [-0.2, 0) is 10.0 Å². The van der Waals surface area contributed by atoms with Gasteiger partial charge in [0.05, 0.1) is 18.6 Å². The van der Waals surface area contributed by atoms with Gasteiger partial charge in [0, 0.05) is 13.1 Å². The molecule has 0 spiro atoms. The van der Waals surface area contributed by atoms with Crippen LogP contribution in [0, 0.1) is 0 Å². The molecule has 1 N–H and O–H groups in total. The summed E-state index contributed by atoms with van der Waals surface area (Å²) in [5, 5.41) is 3.27. The highest BCUT2D eigenvalue weighted by Crippen LogP contribution is 2.22. The minimum absolute atomic E-state index is 0.161. The Bertz CT molecular complexity index is 517. The minimum atomic E-state index is -3.28. The van der Waals surface area contributed by atoms with Crippen molar-refractivity contribution in [2.75, 3.05) is 37.3 Å². The summed E-state index contributed by atoms with van der Waals surface area (Å²) in [6.07, 6.45) is 2.62. The lowest BCUT2D eigenvalue weighted by atomic mass is 10.3. The number of nitrogens with one attached hydrogen (secondary N) is 1. The molecule has 1 aromatic rings. The van der Waals surface area contributed by atoms with Crippen LogP contribution in [0.2, 0.25) is 0 Å². The van der Waals surface area contributed by atoms with Gasteiger partial charge in [0.1, 0.15) is 5.75 Å². The largest absolute Gasteiger partial charge is 0.497 e. The van der Waals surface area contributed by atoms with Crippen LogP contribution in [0.25, 0.3) is 0 Å². The molecule has 6 heteroatoms. The fourth-order valence-electron chi connectivity index (χ4n) is 1.94. The van der Waals surface area contributed by atoms with E-state index in [0.29, 0.717) is 17.9 Å². The molecule has 21 heavy (non-hydrogen) atoms. The first kappa shape index (κ1) is 17.8. The third-order valence-electron chi connectivity index (χ3n) is 3.27. The van der Waals surface area contributed by atoms with Gasteiger partial charge >= 0.3 is 0 Å². The van der Waals surface area contributed by atoms with Crippen molar-refractivity contribution in [2.24, 2.45) is 0 Å². The van der Waals surface area contributed by atoms with Crippen molar-refractivity contribution in [3.8, 4) is 5.75 Å². The zero-order valence-electron chi connectivity index (χ0n) is 13.1. The SMILES string of the molecule is CCCNCCCCS(=O)(=O)N(C)c1cccc(OC)c1. The van der Waals surface area contributed by atoms with E-state index in [9.17, 15) is 8.42 Å². The number of unbranched alkanes of at least 4 members (excludes halogenated alkanes) is 1. The average molecular weight is 314 g/mol. The second-order valence-corrected chi connectivity index (χ2v) is 7.06. The molecule has 0 aliphatic heterocycles. The fraction of sp³-hybridized carbons (Fsp3) is 0.600. The third-order valence-corrected chi connectivity index (χ3v) is 5.12. The first-order valence-corrected chi connectivity index (χ1v) is 8.93. The molecule has 120 valence electrons. The standard InChI is InChI=1S/C15H26N2O3S/c1-4-10-16-11-5-6-12-21(18,19)17(2)14-8-7-9-15(13-14)20-3/h7-9,13,16H,4-6,10-12H2,1-3H3. The van der Waals surface area contributed by atoms with Gasteiger partial charge in [-0.2, -0.15) is 0 Å². The molecular formula is C15H26N2O3S. The van der Waals surface area contributed by atoms with Crippen molar-refractivity contribution in [1.29, 1.82) is 0 Å². The Morgan fingerprint density at radius 3 is 2.67 bits per heavy atom. The molecule has 1 rings (SSSR count). The molecule has 0 saturated carbocycles. The summed E-state index contributed by atoms with van der Waals surface area (Å²) in [4.78, 5) is 0. The zero-order valence-corrected chi connectivity index (χ0v) is 13.9. The fourth-order valence-corrected chi connectivity index (χ4v) is 3.22. The van der Waals surface area contributed by atoms with Crippen LogP contribution >= 0.6 is 0 Å². The molecule has 0 radical (unpaired) electrons. The maximum Gasteiger partial charge on any atom is 0.234 e. The monoisotopic (exact) mass is 314 g/mol. The van der Waals surface area contributed by atoms with E-state index in [0.717, 1.165) is 25.9 Å². The predicted octanol–water partition coefficient (Wildman–Crippen LogP) is 2.24. The lowest BCUT2D eigenvalue weighted by Crippen LogP contribution is -2.29. The van der Waals surface area contributed by atoms with E-state index in [1.807, 2.05) is 0 Å². The van der Waals surface area contributed by atoms with Crippen LogP contribution in [0.4, 0.5) is 5.69 Å². The van der Waals surface area contributed by atoms with Gasteiger partial charge in [0.2, 0.25) is 10.0 Å². The number of hydrogen-bond acceptors (Lipinski definition) is 4. The van der Waals surface area contributed by atoms with Gasteiger partial charge < -0.3 is 10.1 Å². The van der Waals surface area contributed by atoms with E-state index in [2.05, 4.69) is 12.2 Å². The summed E-state index contributed by atoms with van der Waals surface area (Å²) in [5.41, 5.74) is 0.624. The number of anilines is 1. The molecule has 0 amide bonds. The Kier molecular flexibility index (Phi) is 7.53. The van der Waals surface area contributed by atoms with Crippen molar-refractivity contribution in [2.45, 2.75) is 26.2 Å². The van der Waals surface area contributed by atoms with E-state index in [1.54, 1.807) is 38.4 Å². The van der Waals surface area contributed by atoms with Crippen molar-refractivity contribution in [3.63, 3.8) is 0 Å². The van der Waals surface area contributed by atoms with E-state index < -0.39 is 10.0 Å². The topological polar surface area (TPSA) is 58.6 Å². The highest BCUT2D eigenvalue weighted by atomic mass is 32.2. The molecule has 0 aromatic heterocycles. The Hall–Kier alpha value is -1.27. The summed E-state index contributed by atoms with van der Waals surface area (Å²) >= 11 is 0. The van der Waals surface area contributed by atoms with Crippen molar-refractivity contribution in [3.05, 3.63) is 24.3 Å². The van der Waals surface area contributed by atoms with Gasteiger partial charge in [0.25, 0.3) is 0 Å². The predicted molar refractivity (Wildman–Crippen MR) is 87.6 cm³/mol. The molecule has 0 saturated heterocycles. The van der Waals surface area contributed by atoms with Gasteiger partial charge in [-0.25, -0.2) is 8.42 Å². The van der Waals surface area contributed by atoms with E-state index >= 15 is 0 Å². The smallest absolute Gasteiger partial charge is 0.234 e. The van der Waals surface area contributed by atoms with Crippen LogP contribution in [-0.4, -0.2) is 41.4 Å². The lowest BCUT2D eigenvalue weighted by Gasteiger charge is -2.20. The summed E-state index contributed by atoms with van der Waals surface area (Å²) in [5.74, 6) is 0.812. The van der Waals surface area contributed by atoms with Crippen molar-refractivity contribution < 1.29 is 13.2 Å². The normalized spacial score (nSPS) is 11.4. The summed E-state index contributed by atoms with van der Waals surface area (Å²) < 4.78 is 31.0. The van der Waals surface area contributed by atoms with Crippen molar-refractivity contribution in [1.82, 2.24) is 5.32 Å². The van der Waals surface area contributed by atoms with E-state index in [-0.39, 0.29) is 5.75 Å². The molecular weight excluding hydrogens is 288 g/mol. The Morgan fingerprint density at radius 1 is 1.24 bits per heavy atom. The average Bonchev–Trinajstić information content (AvgIpc) is 2.50. The Morgan fingerprint density at radius 2 is 2.00 bits per heavy atom. The number of benzene rings is 1. The number of sulfonamides is 1. The number of nitrogens with zero attached hydrogens (tertiary/aromatic N) is 1. The van der Waals surface area contributed by atoms with Crippen LogP contribution in [0.1, 0.15) is 26.2 Å². The molecule has 0 heterocycles. The Balaban J connectivity index is 2.52. The van der Waals surface area contributed by atoms with Gasteiger partial charge in [-0.05, 0) is 44.5 Å².